The largest absolute Gasteiger partial charge is 0.459 e. The average Bonchev–Trinajstić information content (AvgIpc) is 3.18. The van der Waals surface area contributed by atoms with Gasteiger partial charge in [-0.25, -0.2) is 4.79 Å². The zero-order valence-electron chi connectivity index (χ0n) is 16.7. The van der Waals surface area contributed by atoms with Gasteiger partial charge in [-0.05, 0) is 43.2 Å². The number of rotatable bonds is 6. The molecule has 2 amide bonds. The molecule has 6 nitrogen and oxygen atoms in total. The lowest BCUT2D eigenvalue weighted by Crippen LogP contribution is -2.37. The van der Waals surface area contributed by atoms with Crippen molar-refractivity contribution >= 4 is 22.7 Å². The van der Waals surface area contributed by atoms with Crippen molar-refractivity contribution in [1.29, 1.82) is 0 Å². The van der Waals surface area contributed by atoms with E-state index in [0.717, 1.165) is 61.7 Å². The highest BCUT2D eigenvalue weighted by molar-refractivity contribution is 5.89. The quantitative estimate of drug-likeness (QED) is 0.659. The number of morpholine rings is 1. The topological polar surface area (TPSA) is 66.7 Å². The van der Waals surface area contributed by atoms with E-state index in [4.69, 9.17) is 9.15 Å². The molecule has 1 fully saturated rings. The van der Waals surface area contributed by atoms with Gasteiger partial charge in [-0.1, -0.05) is 30.3 Å². The molecule has 0 aliphatic carbocycles. The van der Waals surface area contributed by atoms with Gasteiger partial charge in [-0.15, -0.1) is 0 Å². The molecule has 4 rings (SSSR count). The third kappa shape index (κ3) is 5.16. The Labute approximate surface area is 170 Å². The zero-order chi connectivity index (χ0) is 20.1. The van der Waals surface area contributed by atoms with Crippen LogP contribution in [0.1, 0.15) is 24.3 Å². The maximum Gasteiger partial charge on any atom is 0.319 e. The number of nitrogens with zero attached hydrogens (tertiary/aromatic N) is 1. The van der Waals surface area contributed by atoms with E-state index in [1.54, 1.807) is 0 Å². The molecule has 1 aliphatic heterocycles. The molecule has 1 aliphatic rings. The summed E-state index contributed by atoms with van der Waals surface area (Å²) in [7, 11) is 0. The fraction of sp³-hybridized carbons (Fsp3) is 0.348. The van der Waals surface area contributed by atoms with E-state index in [1.807, 2.05) is 49.4 Å². The first kappa shape index (κ1) is 19.5. The number of anilines is 1. The van der Waals surface area contributed by atoms with Crippen LogP contribution in [-0.4, -0.2) is 43.8 Å². The summed E-state index contributed by atoms with van der Waals surface area (Å²) < 4.78 is 11.2. The van der Waals surface area contributed by atoms with E-state index in [9.17, 15) is 4.79 Å². The number of hydrogen-bond donors (Lipinski definition) is 2. The van der Waals surface area contributed by atoms with Gasteiger partial charge in [0.15, 0.2) is 0 Å². The number of ether oxygens (including phenoxy) is 1. The predicted octanol–water partition coefficient (Wildman–Crippen LogP) is 4.19. The van der Waals surface area contributed by atoms with Crippen LogP contribution in [0.4, 0.5) is 10.5 Å². The molecule has 0 saturated carbocycles. The van der Waals surface area contributed by atoms with Crippen LogP contribution >= 0.6 is 0 Å². The van der Waals surface area contributed by atoms with Crippen LogP contribution in [0.5, 0.6) is 0 Å². The highest BCUT2D eigenvalue weighted by Crippen LogP contribution is 2.23. The Balaban J connectivity index is 1.27. The molecular formula is C23H27N3O3. The first-order valence-corrected chi connectivity index (χ1v) is 10.1. The number of furan rings is 1. The van der Waals surface area contributed by atoms with Crippen molar-refractivity contribution in [2.45, 2.75) is 19.4 Å². The minimum Gasteiger partial charge on any atom is -0.459 e. The van der Waals surface area contributed by atoms with Crippen LogP contribution < -0.4 is 10.6 Å². The summed E-state index contributed by atoms with van der Waals surface area (Å²) in [5, 5.41) is 6.85. The number of amides is 2. The summed E-state index contributed by atoms with van der Waals surface area (Å²) >= 11 is 0. The summed E-state index contributed by atoms with van der Waals surface area (Å²) in [5.41, 5.74) is 2.86. The number of hydrogen-bond acceptors (Lipinski definition) is 4. The number of para-hydroxylation sites is 1. The molecule has 1 unspecified atom stereocenters. The normalized spacial score (nSPS) is 15.9. The molecule has 0 bridgehead atoms. The molecule has 2 N–H and O–H groups in total. The third-order valence-electron chi connectivity index (χ3n) is 5.25. The molecule has 2 heterocycles. The number of nitrogens with one attached hydrogen (secondary N) is 2. The maximum absolute atomic E-state index is 12.3. The van der Waals surface area contributed by atoms with Gasteiger partial charge in [-0.3, -0.25) is 4.90 Å². The van der Waals surface area contributed by atoms with Gasteiger partial charge >= 0.3 is 6.03 Å². The minimum absolute atomic E-state index is 0.227. The molecule has 29 heavy (non-hydrogen) atoms. The molecule has 1 atom stereocenters. The number of fused-ring (bicyclic) bond motifs is 1. The zero-order valence-corrected chi connectivity index (χ0v) is 16.7. The van der Waals surface area contributed by atoms with Crippen LogP contribution in [-0.2, 0) is 11.2 Å². The van der Waals surface area contributed by atoms with Crippen molar-refractivity contribution < 1.29 is 13.9 Å². The van der Waals surface area contributed by atoms with Crippen LogP contribution in [0.3, 0.4) is 0 Å². The van der Waals surface area contributed by atoms with Crippen molar-refractivity contribution in [3.63, 3.8) is 0 Å². The Morgan fingerprint density at radius 3 is 2.62 bits per heavy atom. The van der Waals surface area contributed by atoms with Crippen molar-refractivity contribution in [3.05, 3.63) is 65.9 Å². The van der Waals surface area contributed by atoms with Gasteiger partial charge in [0.1, 0.15) is 11.3 Å². The molecule has 2 aromatic carbocycles. The molecule has 152 valence electrons. The average molecular weight is 393 g/mol. The lowest BCUT2D eigenvalue weighted by Gasteiger charge is -2.26. The summed E-state index contributed by atoms with van der Waals surface area (Å²) in [6.45, 7) is 6.60. The van der Waals surface area contributed by atoms with Crippen LogP contribution in [0, 0.1) is 0 Å². The van der Waals surface area contributed by atoms with Crippen molar-refractivity contribution in [3.8, 4) is 0 Å². The fourth-order valence-electron chi connectivity index (χ4n) is 3.52. The second-order valence-corrected chi connectivity index (χ2v) is 7.41. The highest BCUT2D eigenvalue weighted by atomic mass is 16.5. The Bertz CT molecular complexity index is 912. The van der Waals surface area contributed by atoms with E-state index in [0.29, 0.717) is 0 Å². The second-order valence-electron chi connectivity index (χ2n) is 7.41. The van der Waals surface area contributed by atoms with Crippen molar-refractivity contribution in [1.82, 2.24) is 10.2 Å². The molecule has 0 spiro atoms. The third-order valence-corrected chi connectivity index (χ3v) is 5.25. The Kier molecular flexibility index (Phi) is 6.12. The van der Waals surface area contributed by atoms with E-state index in [2.05, 4.69) is 27.7 Å². The number of carbonyl (C=O) groups excluding carboxylic acids is 1. The SMILES string of the molecule is CC(NC(=O)Nc1ccc(CCN2CCOCC2)cc1)c1cc2ccccc2o1. The first-order chi connectivity index (χ1) is 14.2. The van der Waals surface area contributed by atoms with Gasteiger partial charge < -0.3 is 19.8 Å². The summed E-state index contributed by atoms with van der Waals surface area (Å²) in [4.78, 5) is 14.8. The van der Waals surface area contributed by atoms with E-state index < -0.39 is 0 Å². The molecular weight excluding hydrogens is 366 g/mol. The molecule has 6 heteroatoms. The van der Waals surface area contributed by atoms with Gasteiger partial charge in [0.2, 0.25) is 0 Å². The Morgan fingerprint density at radius 1 is 1.10 bits per heavy atom. The molecule has 1 saturated heterocycles. The fourth-order valence-corrected chi connectivity index (χ4v) is 3.52. The number of urea groups is 1. The van der Waals surface area contributed by atoms with Crippen LogP contribution in [0.2, 0.25) is 0 Å². The molecule has 1 aromatic heterocycles. The van der Waals surface area contributed by atoms with E-state index >= 15 is 0 Å². The summed E-state index contributed by atoms with van der Waals surface area (Å²) in [5.74, 6) is 0.736. The van der Waals surface area contributed by atoms with Gasteiger partial charge in [-0.2, -0.15) is 0 Å². The van der Waals surface area contributed by atoms with Crippen molar-refractivity contribution in [2.24, 2.45) is 0 Å². The number of benzene rings is 2. The standard InChI is InChI=1S/C23H27N3O3/c1-17(22-16-19-4-2-3-5-21(19)29-22)24-23(27)25-20-8-6-18(7-9-20)10-11-26-12-14-28-15-13-26/h2-9,16-17H,10-15H2,1H3,(H2,24,25,27). The van der Waals surface area contributed by atoms with Crippen LogP contribution in [0.15, 0.2) is 59.0 Å². The van der Waals surface area contributed by atoms with Gasteiger partial charge in [0.05, 0.1) is 19.3 Å². The predicted molar refractivity (Wildman–Crippen MR) is 114 cm³/mol. The summed E-state index contributed by atoms with van der Waals surface area (Å²) in [6.07, 6.45) is 0.996. The van der Waals surface area contributed by atoms with E-state index in [-0.39, 0.29) is 12.1 Å². The van der Waals surface area contributed by atoms with Crippen LogP contribution in [0.25, 0.3) is 11.0 Å². The monoisotopic (exact) mass is 393 g/mol. The van der Waals surface area contributed by atoms with Crippen molar-refractivity contribution in [2.75, 3.05) is 38.2 Å². The maximum atomic E-state index is 12.3. The smallest absolute Gasteiger partial charge is 0.319 e. The Morgan fingerprint density at radius 2 is 1.86 bits per heavy atom. The second kappa shape index (κ2) is 9.11. The highest BCUT2D eigenvalue weighted by Gasteiger charge is 2.14. The number of carbonyl (C=O) groups is 1. The van der Waals surface area contributed by atoms with E-state index in [1.165, 1.54) is 5.56 Å². The minimum atomic E-state index is -0.251. The van der Waals surface area contributed by atoms with Gasteiger partial charge in [0, 0.05) is 30.7 Å². The Hall–Kier alpha value is -2.83. The first-order valence-electron chi connectivity index (χ1n) is 10.1. The summed E-state index contributed by atoms with van der Waals surface area (Å²) in [6, 6.07) is 17.3. The lowest BCUT2D eigenvalue weighted by atomic mass is 10.1. The van der Waals surface area contributed by atoms with Gasteiger partial charge in [0.25, 0.3) is 0 Å². The lowest BCUT2D eigenvalue weighted by molar-refractivity contribution is 0.0384. The molecule has 0 radical (unpaired) electrons. The molecule has 3 aromatic rings.